The Bertz CT molecular complexity index is 1660. The second-order valence-electron chi connectivity index (χ2n) is 8.96. The van der Waals surface area contributed by atoms with Crippen molar-refractivity contribution in [2.75, 3.05) is 17.6 Å². The van der Waals surface area contributed by atoms with Crippen molar-refractivity contribution < 1.29 is 5.11 Å². The number of aromatic hydroxyl groups is 1. The third-order valence-corrected chi connectivity index (χ3v) is 7.57. The van der Waals surface area contributed by atoms with E-state index in [4.69, 9.17) is 15.0 Å². The molecule has 0 unspecified atom stereocenters. The summed E-state index contributed by atoms with van der Waals surface area (Å²) in [7, 11) is 0. The van der Waals surface area contributed by atoms with E-state index in [0.29, 0.717) is 29.3 Å². The monoisotopic (exact) mass is 505 g/mol. The summed E-state index contributed by atoms with van der Waals surface area (Å²) in [6.45, 7) is 2.78. The zero-order valence-corrected chi connectivity index (χ0v) is 20.9. The van der Waals surface area contributed by atoms with Gasteiger partial charge in [0.15, 0.2) is 28.0 Å². The minimum atomic E-state index is 0.261. The highest BCUT2D eigenvalue weighted by molar-refractivity contribution is 7.99. The average molecular weight is 506 g/mol. The Labute approximate surface area is 218 Å². The molecule has 9 heteroatoms. The molecule has 0 saturated carbocycles. The first-order valence-electron chi connectivity index (χ1n) is 12.0. The van der Waals surface area contributed by atoms with E-state index in [9.17, 15) is 10.4 Å². The predicted molar refractivity (Wildman–Crippen MR) is 144 cm³/mol. The van der Waals surface area contributed by atoms with Crippen molar-refractivity contribution in [3.63, 3.8) is 0 Å². The van der Waals surface area contributed by atoms with Gasteiger partial charge in [0.25, 0.3) is 0 Å². The number of rotatable bonds is 6. The van der Waals surface area contributed by atoms with Gasteiger partial charge in [0.2, 0.25) is 0 Å². The topological polar surface area (TPSA) is 113 Å². The molecule has 4 heterocycles. The largest absolute Gasteiger partial charge is 0.507 e. The van der Waals surface area contributed by atoms with Crippen LogP contribution in [0.25, 0.3) is 33.7 Å². The molecule has 5 aromatic rings. The van der Waals surface area contributed by atoms with Crippen LogP contribution in [0, 0.1) is 11.3 Å². The smallest absolute Gasteiger partial charge is 0.170 e. The van der Waals surface area contributed by atoms with E-state index < -0.39 is 0 Å². The van der Waals surface area contributed by atoms with Crippen LogP contribution in [-0.4, -0.2) is 41.9 Å². The maximum absolute atomic E-state index is 10.4. The molecule has 0 radical (unpaired) electrons. The number of pyridine rings is 1. The number of benzene rings is 2. The Morgan fingerprint density at radius 2 is 1.95 bits per heavy atom. The molecule has 8 nitrogen and oxygen atoms in total. The maximum Gasteiger partial charge on any atom is 0.170 e. The quantitative estimate of drug-likeness (QED) is 0.313. The Kier molecular flexibility index (Phi) is 5.94. The fourth-order valence-electron chi connectivity index (χ4n) is 4.51. The predicted octanol–water partition coefficient (Wildman–Crippen LogP) is 5.45. The van der Waals surface area contributed by atoms with E-state index in [1.54, 1.807) is 30.1 Å². The van der Waals surface area contributed by atoms with E-state index in [1.807, 2.05) is 42.5 Å². The fraction of sp³-hybridized carbons (Fsp3) is 0.179. The van der Waals surface area contributed by atoms with Crippen LogP contribution in [0.4, 0.5) is 5.82 Å². The molecule has 2 N–H and O–H groups in total. The van der Waals surface area contributed by atoms with Crippen molar-refractivity contribution in [3.8, 4) is 34.3 Å². The molecule has 0 fully saturated rings. The molecule has 2 aromatic carbocycles. The zero-order valence-electron chi connectivity index (χ0n) is 20.1. The number of nitrogens with one attached hydrogen (secondary N) is 1. The average Bonchev–Trinajstić information content (AvgIpc) is 3.49. The summed E-state index contributed by atoms with van der Waals surface area (Å²) in [5.74, 6) is 2.37. The summed E-state index contributed by atoms with van der Waals surface area (Å²) in [6.07, 6.45) is 3.93. The Hall–Kier alpha value is -4.42. The highest BCUT2D eigenvalue weighted by Crippen LogP contribution is 2.38. The molecule has 0 bridgehead atoms. The maximum atomic E-state index is 10.4. The number of thioether (sulfide) groups is 1. The van der Waals surface area contributed by atoms with E-state index in [0.717, 1.165) is 45.2 Å². The lowest BCUT2D eigenvalue weighted by molar-refractivity contribution is 0.477. The number of phenolic OH excluding ortho intramolecular Hbond substituents is 1. The molecular formula is C28H23N7OS. The van der Waals surface area contributed by atoms with E-state index in [1.165, 1.54) is 6.20 Å². The third kappa shape index (κ3) is 4.36. The summed E-state index contributed by atoms with van der Waals surface area (Å²) in [5, 5.41) is 24.1. The highest BCUT2D eigenvalue weighted by atomic mass is 32.2. The number of imidazole rings is 1. The molecule has 182 valence electrons. The summed E-state index contributed by atoms with van der Waals surface area (Å²) >= 11 is 1.72. The van der Waals surface area contributed by atoms with Crippen LogP contribution in [0.2, 0.25) is 0 Å². The summed E-state index contributed by atoms with van der Waals surface area (Å²) in [4.78, 5) is 18.7. The van der Waals surface area contributed by atoms with Crippen molar-refractivity contribution >= 4 is 28.7 Å². The van der Waals surface area contributed by atoms with E-state index in [2.05, 4.69) is 27.9 Å². The normalized spacial score (nSPS) is 14.4. The summed E-state index contributed by atoms with van der Waals surface area (Å²) in [5.41, 5.74) is 5.53. The lowest BCUT2D eigenvalue weighted by atomic mass is 10.0. The van der Waals surface area contributed by atoms with Crippen molar-refractivity contribution in [3.05, 3.63) is 78.1 Å². The molecule has 0 amide bonds. The molecule has 1 aliphatic heterocycles. The molecule has 6 rings (SSSR count). The Balaban J connectivity index is 1.32. The number of nitrogens with zero attached hydrogens (tertiary/aromatic N) is 6. The van der Waals surface area contributed by atoms with Gasteiger partial charge in [-0.15, -0.1) is 0 Å². The van der Waals surface area contributed by atoms with Gasteiger partial charge in [-0.3, -0.25) is 9.55 Å². The van der Waals surface area contributed by atoms with Gasteiger partial charge in [0, 0.05) is 41.9 Å². The molecule has 3 aromatic heterocycles. The number of anilines is 1. The second-order valence-corrected chi connectivity index (χ2v) is 9.95. The molecular weight excluding hydrogens is 482 g/mol. The lowest BCUT2D eigenvalue weighted by Gasteiger charge is -2.12. The van der Waals surface area contributed by atoms with Gasteiger partial charge < -0.3 is 10.4 Å². The van der Waals surface area contributed by atoms with Gasteiger partial charge in [0.05, 0.1) is 5.56 Å². The molecule has 0 spiro atoms. The zero-order chi connectivity index (χ0) is 25.4. The van der Waals surface area contributed by atoms with Crippen LogP contribution >= 0.6 is 11.8 Å². The fourth-order valence-corrected chi connectivity index (χ4v) is 5.61. The van der Waals surface area contributed by atoms with Gasteiger partial charge >= 0.3 is 0 Å². The van der Waals surface area contributed by atoms with Crippen LogP contribution in [0.5, 0.6) is 5.75 Å². The second kappa shape index (κ2) is 9.56. The Morgan fingerprint density at radius 3 is 2.78 bits per heavy atom. The first-order chi connectivity index (χ1) is 18.1. The van der Waals surface area contributed by atoms with Crippen LogP contribution in [0.15, 0.2) is 72.1 Å². The van der Waals surface area contributed by atoms with Gasteiger partial charge in [0.1, 0.15) is 11.8 Å². The van der Waals surface area contributed by atoms with Gasteiger partial charge in [-0.2, -0.15) is 5.26 Å². The van der Waals surface area contributed by atoms with E-state index in [-0.39, 0.29) is 11.8 Å². The molecule has 37 heavy (non-hydrogen) atoms. The van der Waals surface area contributed by atoms with Crippen LogP contribution in [0.1, 0.15) is 24.1 Å². The minimum absolute atomic E-state index is 0.261. The van der Waals surface area contributed by atoms with Gasteiger partial charge in [-0.25, -0.2) is 15.0 Å². The number of aromatic nitrogens is 5. The van der Waals surface area contributed by atoms with Crippen molar-refractivity contribution in [2.24, 2.45) is 0 Å². The molecule has 0 aliphatic carbocycles. The van der Waals surface area contributed by atoms with E-state index >= 15 is 0 Å². The SMILES string of the molecule is C[C@@H]1CSc2nc3c(NCCc4ccc(O)c(-c5ccccc5)c4)nc(-c4cncc(C#N)c4)nc3n21. The van der Waals surface area contributed by atoms with Crippen LogP contribution < -0.4 is 5.32 Å². The number of fused-ring (bicyclic) bond motifs is 3. The van der Waals surface area contributed by atoms with Gasteiger partial charge in [-0.05, 0) is 42.7 Å². The number of hydrogen-bond acceptors (Lipinski definition) is 8. The molecule has 1 atom stereocenters. The minimum Gasteiger partial charge on any atom is -0.507 e. The lowest BCUT2D eigenvalue weighted by Crippen LogP contribution is -2.09. The van der Waals surface area contributed by atoms with Crippen molar-refractivity contribution in [1.29, 1.82) is 5.26 Å². The number of nitriles is 1. The number of phenols is 1. The standard InChI is InChI=1S/C28H23N7OS/c1-17-16-37-28-32-24-26(33-25(34-27(24)35(17)28)21-11-19(13-29)14-30-15-21)31-10-9-18-7-8-23(36)22(12-18)20-5-3-2-4-6-20/h2-8,11-12,14-15,17,36H,9-10,16H2,1H3,(H,31,33,34)/t17-/m1/s1. The first-order valence-corrected chi connectivity index (χ1v) is 13.0. The van der Waals surface area contributed by atoms with Crippen LogP contribution in [0.3, 0.4) is 0 Å². The number of hydrogen-bond donors (Lipinski definition) is 2. The first kappa shape index (κ1) is 23.0. The highest BCUT2D eigenvalue weighted by Gasteiger charge is 2.26. The summed E-state index contributed by atoms with van der Waals surface area (Å²) < 4.78 is 2.16. The molecule has 1 aliphatic rings. The summed E-state index contributed by atoms with van der Waals surface area (Å²) in [6, 6.07) is 19.7. The van der Waals surface area contributed by atoms with Gasteiger partial charge in [-0.1, -0.05) is 48.2 Å². The third-order valence-electron chi connectivity index (χ3n) is 6.38. The Morgan fingerprint density at radius 1 is 1.08 bits per heavy atom. The van der Waals surface area contributed by atoms with Crippen molar-refractivity contribution in [2.45, 2.75) is 24.5 Å². The van der Waals surface area contributed by atoms with Crippen molar-refractivity contribution in [1.82, 2.24) is 24.5 Å². The molecule has 0 saturated heterocycles. The van der Waals surface area contributed by atoms with Crippen LogP contribution in [-0.2, 0) is 6.42 Å².